The van der Waals surface area contributed by atoms with Gasteiger partial charge in [-0.15, -0.1) is 12.4 Å². The second kappa shape index (κ2) is 9.88. The lowest BCUT2D eigenvalue weighted by Crippen LogP contribution is -2.44. The minimum atomic E-state index is -0.336. The van der Waals surface area contributed by atoms with Crippen molar-refractivity contribution in [3.05, 3.63) is 41.9 Å². The fourth-order valence-corrected chi connectivity index (χ4v) is 3.99. The molecule has 0 bridgehead atoms. The first-order valence-corrected chi connectivity index (χ1v) is 10.3. The van der Waals surface area contributed by atoms with E-state index in [1.54, 1.807) is 0 Å². The van der Waals surface area contributed by atoms with Crippen LogP contribution in [0.1, 0.15) is 35.6 Å². The maximum absolute atomic E-state index is 12.7. The fraction of sp³-hybridized carbons (Fsp3) is 0.455. The predicted molar refractivity (Wildman–Crippen MR) is 121 cm³/mol. The summed E-state index contributed by atoms with van der Waals surface area (Å²) >= 11 is 0. The standard InChI is InChI=1S/C22H27N5O2.ClH/c1-25-11-13-26(14-12-25)17-5-7-19(20(15-17)27-9-3-2-4-10-27)24-22(28)21-8-6-18(16-23)29-21;/h5-8,15H,2-4,9-14H2,1H3,(H,24,28);1H. The van der Waals surface area contributed by atoms with Gasteiger partial charge < -0.3 is 24.4 Å². The highest BCUT2D eigenvalue weighted by Gasteiger charge is 2.21. The molecule has 1 aromatic heterocycles. The summed E-state index contributed by atoms with van der Waals surface area (Å²) in [6, 6.07) is 11.2. The number of nitrogens with zero attached hydrogens (tertiary/aromatic N) is 4. The molecule has 160 valence electrons. The van der Waals surface area contributed by atoms with E-state index in [0.29, 0.717) is 0 Å². The monoisotopic (exact) mass is 429 g/mol. The maximum atomic E-state index is 12.7. The van der Waals surface area contributed by atoms with Crippen LogP contribution in [0.25, 0.3) is 0 Å². The smallest absolute Gasteiger partial charge is 0.291 e. The van der Waals surface area contributed by atoms with Crippen molar-refractivity contribution in [1.29, 1.82) is 5.26 Å². The van der Waals surface area contributed by atoms with Crippen LogP contribution in [0, 0.1) is 11.3 Å². The number of hydrogen-bond donors (Lipinski definition) is 1. The van der Waals surface area contributed by atoms with Gasteiger partial charge in [0.1, 0.15) is 6.07 Å². The highest BCUT2D eigenvalue weighted by atomic mass is 35.5. The lowest BCUT2D eigenvalue weighted by molar-refractivity contribution is 0.0996. The largest absolute Gasteiger partial charge is 0.440 e. The van der Waals surface area contributed by atoms with Crippen LogP contribution in [0.5, 0.6) is 0 Å². The number of piperazine rings is 1. The first-order valence-electron chi connectivity index (χ1n) is 10.3. The molecule has 2 fully saturated rings. The van der Waals surface area contributed by atoms with Crippen molar-refractivity contribution in [3.63, 3.8) is 0 Å². The van der Waals surface area contributed by atoms with Crippen molar-refractivity contribution in [2.24, 2.45) is 0 Å². The molecule has 1 amide bonds. The molecule has 3 heterocycles. The number of benzene rings is 1. The molecule has 4 rings (SSSR count). The van der Waals surface area contributed by atoms with Crippen molar-refractivity contribution in [1.82, 2.24) is 4.90 Å². The SMILES string of the molecule is CN1CCN(c2ccc(NC(=O)c3ccc(C#N)o3)c(N3CCCCC3)c2)CC1.Cl. The minimum Gasteiger partial charge on any atom is -0.440 e. The number of likely N-dealkylation sites (N-methyl/N-ethyl adjacent to an activating group) is 1. The van der Waals surface area contributed by atoms with Crippen molar-refractivity contribution < 1.29 is 9.21 Å². The zero-order valence-corrected chi connectivity index (χ0v) is 18.1. The van der Waals surface area contributed by atoms with Crippen LogP contribution in [-0.2, 0) is 0 Å². The van der Waals surface area contributed by atoms with Gasteiger partial charge in [-0.05, 0) is 56.6 Å². The molecule has 0 unspecified atom stereocenters. The summed E-state index contributed by atoms with van der Waals surface area (Å²) in [6.07, 6.45) is 3.57. The Morgan fingerprint density at radius 2 is 1.73 bits per heavy atom. The Labute approximate surface area is 183 Å². The Hall–Kier alpha value is -2.69. The van der Waals surface area contributed by atoms with Crippen molar-refractivity contribution in [2.45, 2.75) is 19.3 Å². The van der Waals surface area contributed by atoms with Gasteiger partial charge in [0.15, 0.2) is 5.76 Å². The normalized spacial score (nSPS) is 17.2. The molecule has 8 heteroatoms. The predicted octanol–water partition coefficient (Wildman–Crippen LogP) is 3.57. The molecule has 2 aliphatic rings. The molecule has 30 heavy (non-hydrogen) atoms. The number of carbonyl (C=O) groups excluding carboxylic acids is 1. The summed E-state index contributed by atoms with van der Waals surface area (Å²) in [6.45, 7) is 6.10. The molecule has 2 aromatic rings. The van der Waals surface area contributed by atoms with E-state index < -0.39 is 0 Å². The van der Waals surface area contributed by atoms with Crippen molar-refractivity contribution in [2.75, 3.05) is 61.4 Å². The van der Waals surface area contributed by atoms with E-state index in [1.165, 1.54) is 24.2 Å². The number of nitrogens with one attached hydrogen (secondary N) is 1. The molecule has 0 aliphatic carbocycles. The lowest BCUT2D eigenvalue weighted by Gasteiger charge is -2.36. The van der Waals surface area contributed by atoms with Crippen LogP contribution in [0.4, 0.5) is 17.1 Å². The second-order valence-corrected chi connectivity index (χ2v) is 7.77. The van der Waals surface area contributed by atoms with E-state index in [1.807, 2.05) is 12.1 Å². The minimum absolute atomic E-state index is 0. The van der Waals surface area contributed by atoms with Crippen LogP contribution >= 0.6 is 12.4 Å². The first kappa shape index (κ1) is 22.0. The Morgan fingerprint density at radius 3 is 2.40 bits per heavy atom. The van der Waals surface area contributed by atoms with Crippen LogP contribution in [0.2, 0.25) is 0 Å². The average molecular weight is 430 g/mol. The zero-order valence-electron chi connectivity index (χ0n) is 17.3. The summed E-state index contributed by atoms with van der Waals surface area (Å²) in [7, 11) is 2.15. The summed E-state index contributed by atoms with van der Waals surface area (Å²) in [5.41, 5.74) is 3.03. The van der Waals surface area contributed by atoms with Crippen LogP contribution < -0.4 is 15.1 Å². The second-order valence-electron chi connectivity index (χ2n) is 7.77. The summed E-state index contributed by atoms with van der Waals surface area (Å²) in [5, 5.41) is 11.9. The molecule has 0 radical (unpaired) electrons. The number of piperidine rings is 1. The molecule has 0 spiro atoms. The zero-order chi connectivity index (χ0) is 20.2. The molecular formula is C22H28ClN5O2. The van der Waals surface area contributed by atoms with E-state index in [9.17, 15) is 4.79 Å². The molecule has 7 nitrogen and oxygen atoms in total. The molecular weight excluding hydrogens is 402 g/mol. The lowest BCUT2D eigenvalue weighted by atomic mass is 10.1. The number of furan rings is 1. The third-order valence-corrected chi connectivity index (χ3v) is 5.73. The van der Waals surface area contributed by atoms with Gasteiger partial charge in [-0.3, -0.25) is 4.79 Å². The van der Waals surface area contributed by atoms with Gasteiger partial charge in [0, 0.05) is 45.0 Å². The van der Waals surface area contributed by atoms with Crippen LogP contribution in [0.15, 0.2) is 34.7 Å². The Bertz CT molecular complexity index is 908. The molecule has 0 atom stereocenters. The van der Waals surface area contributed by atoms with E-state index in [2.05, 4.69) is 39.2 Å². The summed E-state index contributed by atoms with van der Waals surface area (Å²) in [5.74, 6) is -0.0526. The summed E-state index contributed by atoms with van der Waals surface area (Å²) in [4.78, 5) is 19.8. The van der Waals surface area contributed by atoms with Gasteiger partial charge in [0.2, 0.25) is 5.76 Å². The molecule has 0 saturated carbocycles. The Balaban J connectivity index is 0.00000256. The maximum Gasteiger partial charge on any atom is 0.291 e. The molecule has 2 saturated heterocycles. The Kier molecular flexibility index (Phi) is 7.24. The fourth-order valence-electron chi connectivity index (χ4n) is 3.99. The van der Waals surface area contributed by atoms with Gasteiger partial charge in [-0.2, -0.15) is 5.26 Å². The van der Waals surface area contributed by atoms with E-state index in [4.69, 9.17) is 9.68 Å². The third kappa shape index (κ3) is 4.89. The van der Waals surface area contributed by atoms with E-state index in [-0.39, 0.29) is 29.8 Å². The van der Waals surface area contributed by atoms with Gasteiger partial charge in [0.05, 0.1) is 11.4 Å². The Morgan fingerprint density at radius 1 is 1.00 bits per heavy atom. The quantitative estimate of drug-likeness (QED) is 0.800. The molecule has 1 N–H and O–H groups in total. The number of anilines is 3. The third-order valence-electron chi connectivity index (χ3n) is 5.73. The molecule has 2 aliphatic heterocycles. The van der Waals surface area contributed by atoms with Gasteiger partial charge in [0.25, 0.3) is 5.91 Å². The van der Waals surface area contributed by atoms with Crippen LogP contribution in [0.3, 0.4) is 0 Å². The number of hydrogen-bond acceptors (Lipinski definition) is 6. The van der Waals surface area contributed by atoms with Crippen molar-refractivity contribution in [3.8, 4) is 6.07 Å². The molecule has 1 aromatic carbocycles. The van der Waals surface area contributed by atoms with Gasteiger partial charge >= 0.3 is 0 Å². The highest BCUT2D eigenvalue weighted by molar-refractivity contribution is 6.04. The number of nitriles is 1. The first-order chi connectivity index (χ1) is 14.1. The topological polar surface area (TPSA) is 75.7 Å². The summed E-state index contributed by atoms with van der Waals surface area (Å²) < 4.78 is 5.28. The van der Waals surface area contributed by atoms with Crippen molar-refractivity contribution >= 4 is 35.4 Å². The number of halogens is 1. The van der Waals surface area contributed by atoms with Crippen LogP contribution in [-0.4, -0.2) is 57.1 Å². The van der Waals surface area contributed by atoms with Gasteiger partial charge in [-0.25, -0.2) is 0 Å². The number of amides is 1. The van der Waals surface area contributed by atoms with E-state index >= 15 is 0 Å². The van der Waals surface area contributed by atoms with Gasteiger partial charge in [-0.1, -0.05) is 0 Å². The average Bonchev–Trinajstić information content (AvgIpc) is 3.25. The number of carbonyl (C=O) groups is 1. The number of rotatable bonds is 4. The highest BCUT2D eigenvalue weighted by Crippen LogP contribution is 2.33. The van der Waals surface area contributed by atoms with E-state index in [0.717, 1.165) is 63.5 Å².